The molecule has 0 amide bonds. The summed E-state index contributed by atoms with van der Waals surface area (Å²) in [5, 5.41) is 7.19. The van der Waals surface area contributed by atoms with Gasteiger partial charge in [-0.1, -0.05) is 103 Å². The Bertz CT molecular complexity index is 2530. The van der Waals surface area contributed by atoms with Gasteiger partial charge in [-0.15, -0.1) is 11.3 Å². The lowest BCUT2D eigenvalue weighted by molar-refractivity contribution is 0.669. The number of para-hydroxylation sites is 1. The van der Waals surface area contributed by atoms with Crippen LogP contribution in [0.4, 0.5) is 0 Å². The van der Waals surface area contributed by atoms with E-state index in [-0.39, 0.29) is 0 Å². The van der Waals surface area contributed by atoms with E-state index in [1.165, 1.54) is 20.2 Å². The number of halogens is 1. The van der Waals surface area contributed by atoms with Gasteiger partial charge < -0.3 is 4.42 Å². The molecule has 3 aromatic heterocycles. The van der Waals surface area contributed by atoms with Crippen LogP contribution in [0.1, 0.15) is 0 Å². The molecule has 4 nitrogen and oxygen atoms in total. The summed E-state index contributed by atoms with van der Waals surface area (Å²) in [5.41, 5.74) is 4.35. The van der Waals surface area contributed by atoms with Crippen molar-refractivity contribution in [1.29, 1.82) is 0 Å². The number of aromatic nitrogens is 3. The Morgan fingerprint density at radius 3 is 1.91 bits per heavy atom. The molecule has 0 radical (unpaired) electrons. The highest BCUT2D eigenvalue weighted by Gasteiger charge is 2.17. The van der Waals surface area contributed by atoms with Gasteiger partial charge in [0.25, 0.3) is 0 Å². The smallest absolute Gasteiger partial charge is 0.164 e. The summed E-state index contributed by atoms with van der Waals surface area (Å²) in [6.45, 7) is 0. The number of nitrogens with zero attached hydrogens (tertiary/aromatic N) is 3. The molecule has 0 N–H and O–H groups in total. The van der Waals surface area contributed by atoms with Gasteiger partial charge in [0.1, 0.15) is 11.2 Å². The van der Waals surface area contributed by atoms with Gasteiger partial charge in [-0.2, -0.15) is 0 Å². The lowest BCUT2D eigenvalue weighted by Crippen LogP contribution is -2.00. The molecule has 0 atom stereocenters. The summed E-state index contributed by atoms with van der Waals surface area (Å²) in [6.07, 6.45) is 0. The Labute approximate surface area is 254 Å². The van der Waals surface area contributed by atoms with Gasteiger partial charge in [0.15, 0.2) is 17.5 Å². The van der Waals surface area contributed by atoms with Crippen molar-refractivity contribution < 1.29 is 4.42 Å². The summed E-state index contributed by atoms with van der Waals surface area (Å²) < 4.78 is 8.65. The van der Waals surface area contributed by atoms with Gasteiger partial charge in [0.05, 0.1) is 5.02 Å². The molecular formula is C37H20ClN3OS. The van der Waals surface area contributed by atoms with E-state index < -0.39 is 0 Å². The van der Waals surface area contributed by atoms with Crippen molar-refractivity contribution in [3.8, 4) is 34.2 Å². The van der Waals surface area contributed by atoms with E-state index in [9.17, 15) is 0 Å². The van der Waals surface area contributed by atoms with E-state index in [2.05, 4.69) is 54.6 Å². The average Bonchev–Trinajstić information content (AvgIpc) is 3.62. The Morgan fingerprint density at radius 2 is 1.09 bits per heavy atom. The molecule has 0 aliphatic rings. The molecule has 0 unspecified atom stereocenters. The summed E-state index contributed by atoms with van der Waals surface area (Å²) >= 11 is 8.53. The molecule has 0 fully saturated rings. The number of thiophene rings is 1. The second-order valence-corrected chi connectivity index (χ2v) is 12.1. The third kappa shape index (κ3) is 3.93. The van der Waals surface area contributed by atoms with Gasteiger partial charge in [-0.25, -0.2) is 15.0 Å². The first kappa shape index (κ1) is 24.5. The number of rotatable bonds is 3. The van der Waals surface area contributed by atoms with Crippen LogP contribution in [0.15, 0.2) is 126 Å². The maximum atomic E-state index is 6.75. The third-order valence-corrected chi connectivity index (χ3v) is 9.44. The van der Waals surface area contributed by atoms with E-state index in [0.29, 0.717) is 22.5 Å². The van der Waals surface area contributed by atoms with E-state index in [4.69, 9.17) is 31.0 Å². The fraction of sp³-hybridized carbons (Fsp3) is 0. The van der Waals surface area contributed by atoms with E-state index >= 15 is 0 Å². The zero-order chi connectivity index (χ0) is 28.5. The highest BCUT2D eigenvalue weighted by Crippen LogP contribution is 2.40. The summed E-state index contributed by atoms with van der Waals surface area (Å²) in [6, 6.07) is 41.2. The Hall–Kier alpha value is -5.10. The second kappa shape index (κ2) is 9.46. The fourth-order valence-corrected chi connectivity index (χ4v) is 7.36. The first-order chi connectivity index (χ1) is 21.2. The van der Waals surface area contributed by atoms with Gasteiger partial charge in [0.2, 0.25) is 0 Å². The largest absolute Gasteiger partial charge is 0.456 e. The lowest BCUT2D eigenvalue weighted by atomic mass is 10.0. The molecule has 3 heterocycles. The molecular weight excluding hydrogens is 570 g/mol. The number of benzene rings is 6. The van der Waals surface area contributed by atoms with Crippen LogP contribution in [0, 0.1) is 0 Å². The van der Waals surface area contributed by atoms with Gasteiger partial charge in [-0.05, 0) is 29.7 Å². The van der Waals surface area contributed by atoms with Crippen LogP contribution in [0.2, 0.25) is 5.02 Å². The number of hydrogen-bond donors (Lipinski definition) is 0. The monoisotopic (exact) mass is 589 g/mol. The maximum Gasteiger partial charge on any atom is 0.164 e. The summed E-state index contributed by atoms with van der Waals surface area (Å²) in [4.78, 5) is 15.0. The first-order valence-corrected chi connectivity index (χ1v) is 15.2. The average molecular weight is 590 g/mol. The number of furan rings is 1. The van der Waals surface area contributed by atoms with Crippen molar-refractivity contribution in [3.05, 3.63) is 126 Å². The standard InChI is InChI=1S/C37H20ClN3OS/c38-29-20-31-34(27-11-4-6-12-30(27)42-31)28-18-22(14-16-24(28)29)36-39-35(21-8-2-1-3-9-21)40-37(41-36)23-15-17-26-25-10-5-7-13-32(25)43-33(26)19-23/h1-20H. The zero-order valence-corrected chi connectivity index (χ0v) is 24.2. The zero-order valence-electron chi connectivity index (χ0n) is 22.6. The molecule has 9 rings (SSSR count). The summed E-state index contributed by atoms with van der Waals surface area (Å²) in [5.74, 6) is 1.86. The molecule has 43 heavy (non-hydrogen) atoms. The van der Waals surface area contributed by atoms with E-state index in [0.717, 1.165) is 49.4 Å². The molecule has 0 bridgehead atoms. The van der Waals surface area contributed by atoms with Gasteiger partial charge in [-0.3, -0.25) is 0 Å². The minimum Gasteiger partial charge on any atom is -0.456 e. The second-order valence-electron chi connectivity index (χ2n) is 10.6. The molecule has 0 aliphatic heterocycles. The predicted molar refractivity (Wildman–Crippen MR) is 179 cm³/mol. The molecule has 6 aromatic carbocycles. The molecule has 0 saturated carbocycles. The highest BCUT2D eigenvalue weighted by molar-refractivity contribution is 7.25. The van der Waals surface area contributed by atoms with Crippen LogP contribution in [-0.4, -0.2) is 15.0 Å². The molecule has 0 aliphatic carbocycles. The fourth-order valence-electron chi connectivity index (χ4n) is 5.95. The third-order valence-electron chi connectivity index (χ3n) is 7.99. The van der Waals surface area contributed by atoms with Crippen molar-refractivity contribution in [3.63, 3.8) is 0 Å². The topological polar surface area (TPSA) is 51.8 Å². The van der Waals surface area contributed by atoms with E-state index in [1.807, 2.05) is 66.7 Å². The molecule has 9 aromatic rings. The number of hydrogen-bond acceptors (Lipinski definition) is 5. The van der Waals surface area contributed by atoms with Crippen molar-refractivity contribution >= 4 is 75.8 Å². The first-order valence-electron chi connectivity index (χ1n) is 14.0. The number of fused-ring (bicyclic) bond motifs is 8. The summed E-state index contributed by atoms with van der Waals surface area (Å²) in [7, 11) is 0. The Balaban J connectivity index is 1.28. The quantitative estimate of drug-likeness (QED) is 0.206. The van der Waals surface area contributed by atoms with Crippen molar-refractivity contribution in [1.82, 2.24) is 15.0 Å². The van der Waals surface area contributed by atoms with Crippen LogP contribution in [-0.2, 0) is 0 Å². The van der Waals surface area contributed by atoms with Crippen LogP contribution in [0.3, 0.4) is 0 Å². The minimum atomic E-state index is 0.600. The van der Waals surface area contributed by atoms with Crippen LogP contribution < -0.4 is 0 Å². The molecule has 6 heteroatoms. The van der Waals surface area contributed by atoms with E-state index in [1.54, 1.807) is 11.3 Å². The highest BCUT2D eigenvalue weighted by atomic mass is 35.5. The minimum absolute atomic E-state index is 0.600. The predicted octanol–water partition coefficient (Wildman–Crippen LogP) is 10.9. The normalized spacial score (nSPS) is 11.8. The maximum absolute atomic E-state index is 6.75. The van der Waals surface area contributed by atoms with Gasteiger partial charge in [0, 0.05) is 59.1 Å². The van der Waals surface area contributed by atoms with Crippen LogP contribution in [0.5, 0.6) is 0 Å². The van der Waals surface area contributed by atoms with Crippen LogP contribution >= 0.6 is 22.9 Å². The molecule has 202 valence electrons. The van der Waals surface area contributed by atoms with Gasteiger partial charge >= 0.3 is 0 Å². The van der Waals surface area contributed by atoms with Crippen molar-refractivity contribution in [2.45, 2.75) is 0 Å². The molecule has 0 saturated heterocycles. The van der Waals surface area contributed by atoms with Crippen LogP contribution in [0.25, 0.3) is 87.0 Å². The van der Waals surface area contributed by atoms with Crippen molar-refractivity contribution in [2.24, 2.45) is 0 Å². The lowest BCUT2D eigenvalue weighted by Gasteiger charge is -2.10. The van der Waals surface area contributed by atoms with Crippen molar-refractivity contribution in [2.75, 3.05) is 0 Å². The Morgan fingerprint density at radius 1 is 0.465 bits per heavy atom. The Kier molecular flexibility index (Phi) is 5.39. The SMILES string of the molecule is Clc1cc2oc3ccccc3c2c2cc(-c3nc(-c4ccccc4)nc(-c4ccc5c(c4)sc4ccccc45)n3)ccc12. The molecule has 0 spiro atoms.